The Morgan fingerprint density at radius 1 is 1.54 bits per heavy atom. The fourth-order valence-electron chi connectivity index (χ4n) is 0.616. The predicted molar refractivity (Wildman–Crippen MR) is 44.3 cm³/mol. The molecule has 1 aromatic heterocycles. The highest BCUT2D eigenvalue weighted by Gasteiger charge is 2.16. The summed E-state index contributed by atoms with van der Waals surface area (Å²) >= 11 is 0. The molecule has 0 atom stereocenters. The van der Waals surface area contributed by atoms with Crippen LogP contribution in [0.15, 0.2) is 9.95 Å². The van der Waals surface area contributed by atoms with E-state index in [1.165, 1.54) is 6.92 Å². The largest absolute Gasteiger partial charge is 0.493 e. The van der Waals surface area contributed by atoms with E-state index in [1.54, 1.807) is 0 Å². The van der Waals surface area contributed by atoms with Gasteiger partial charge in [0.2, 0.25) is 11.0 Å². The van der Waals surface area contributed by atoms with Crippen molar-refractivity contribution in [3.63, 3.8) is 0 Å². The molecule has 0 spiro atoms. The van der Waals surface area contributed by atoms with Crippen LogP contribution in [0.25, 0.3) is 0 Å². The molecule has 0 unspecified atom stereocenters. The van der Waals surface area contributed by atoms with Gasteiger partial charge in [-0.25, -0.2) is 8.42 Å². The molecule has 0 saturated heterocycles. The summed E-state index contributed by atoms with van der Waals surface area (Å²) in [7, 11) is 0.764. The van der Waals surface area contributed by atoms with Crippen LogP contribution in [0, 0.1) is 6.92 Å². The smallest absolute Gasteiger partial charge is 0.295 e. The minimum atomic E-state index is -4.12. The standard InChI is InChI=1S/C5H5ClN2O4S/c1-2-3(9)7-5(8-4(2)10)13(6,11)12/h1H3,(H2,7,8,9,10). The number of nitrogens with one attached hydrogen (secondary N) is 1. The Labute approximate surface area is 77.6 Å². The van der Waals surface area contributed by atoms with Crippen molar-refractivity contribution in [2.75, 3.05) is 0 Å². The SMILES string of the molecule is Cc1c(O)nc(S(=O)(=O)Cl)[nH]c1=O. The monoisotopic (exact) mass is 224 g/mol. The van der Waals surface area contributed by atoms with Gasteiger partial charge in [-0.1, -0.05) is 0 Å². The molecule has 6 nitrogen and oxygen atoms in total. The summed E-state index contributed by atoms with van der Waals surface area (Å²) in [5.41, 5.74) is -0.809. The van der Waals surface area contributed by atoms with Gasteiger partial charge in [0.1, 0.15) is 0 Å². The summed E-state index contributed by atoms with van der Waals surface area (Å²) in [6, 6.07) is 0. The summed E-state index contributed by atoms with van der Waals surface area (Å²) in [6.45, 7) is 1.30. The van der Waals surface area contributed by atoms with Gasteiger partial charge in [-0.05, 0) is 6.92 Å². The zero-order chi connectivity index (χ0) is 10.2. The van der Waals surface area contributed by atoms with Crippen LogP contribution in [0.4, 0.5) is 0 Å². The summed E-state index contributed by atoms with van der Waals surface area (Å²) in [5, 5.41) is 8.23. The summed E-state index contributed by atoms with van der Waals surface area (Å²) in [5.74, 6) is -0.650. The quantitative estimate of drug-likeness (QED) is 0.504. The molecule has 1 aromatic rings. The molecule has 0 saturated carbocycles. The molecule has 2 N–H and O–H groups in total. The van der Waals surface area contributed by atoms with Crippen molar-refractivity contribution in [3.05, 3.63) is 15.9 Å². The highest BCUT2D eigenvalue weighted by molar-refractivity contribution is 8.13. The number of aromatic nitrogens is 2. The molecule has 72 valence electrons. The van der Waals surface area contributed by atoms with Crippen molar-refractivity contribution < 1.29 is 13.5 Å². The lowest BCUT2D eigenvalue weighted by Gasteiger charge is -1.98. The van der Waals surface area contributed by atoms with Gasteiger partial charge in [0.05, 0.1) is 5.56 Å². The average molecular weight is 225 g/mol. The Bertz CT molecular complexity index is 492. The number of hydrogen-bond acceptors (Lipinski definition) is 5. The van der Waals surface area contributed by atoms with E-state index in [0.29, 0.717) is 0 Å². The number of H-pyrrole nitrogens is 1. The number of hydrogen-bond donors (Lipinski definition) is 2. The minimum Gasteiger partial charge on any atom is -0.493 e. The maximum Gasteiger partial charge on any atom is 0.295 e. The summed E-state index contributed by atoms with van der Waals surface area (Å²) in [4.78, 5) is 16.0. The Morgan fingerprint density at radius 3 is 2.46 bits per heavy atom. The van der Waals surface area contributed by atoms with Crippen molar-refractivity contribution in [1.82, 2.24) is 9.97 Å². The first kappa shape index (κ1) is 10.0. The molecule has 1 rings (SSSR count). The van der Waals surface area contributed by atoms with Crippen molar-refractivity contribution in [2.45, 2.75) is 12.1 Å². The first-order valence-corrected chi connectivity index (χ1v) is 5.38. The molecule has 0 aliphatic rings. The Hall–Kier alpha value is -1.08. The van der Waals surface area contributed by atoms with Crippen LogP contribution in [0.3, 0.4) is 0 Å². The average Bonchev–Trinajstić information content (AvgIpc) is 1.97. The van der Waals surface area contributed by atoms with E-state index in [4.69, 9.17) is 15.8 Å². The van der Waals surface area contributed by atoms with Crippen LogP contribution in [0.2, 0.25) is 0 Å². The fourth-order valence-corrected chi connectivity index (χ4v) is 1.25. The van der Waals surface area contributed by atoms with Crippen LogP contribution >= 0.6 is 10.7 Å². The zero-order valence-electron chi connectivity index (χ0n) is 6.41. The van der Waals surface area contributed by atoms with Crippen LogP contribution in [-0.4, -0.2) is 23.5 Å². The van der Waals surface area contributed by atoms with E-state index in [9.17, 15) is 13.2 Å². The van der Waals surface area contributed by atoms with Crippen LogP contribution in [-0.2, 0) is 9.05 Å². The van der Waals surface area contributed by atoms with E-state index in [2.05, 4.69) is 4.98 Å². The molecule has 0 aliphatic carbocycles. The van der Waals surface area contributed by atoms with Gasteiger partial charge in [-0.2, -0.15) is 4.98 Å². The third-order valence-corrected chi connectivity index (χ3v) is 2.43. The Balaban J connectivity index is 3.56. The lowest BCUT2D eigenvalue weighted by atomic mass is 10.4. The van der Waals surface area contributed by atoms with E-state index in [1.807, 2.05) is 4.98 Å². The third kappa shape index (κ3) is 1.99. The normalized spacial score (nSPS) is 11.5. The predicted octanol–water partition coefficient (Wildman–Crippen LogP) is -0.289. The van der Waals surface area contributed by atoms with Gasteiger partial charge >= 0.3 is 0 Å². The van der Waals surface area contributed by atoms with Gasteiger partial charge in [-0.15, -0.1) is 0 Å². The molecule has 0 fully saturated rings. The van der Waals surface area contributed by atoms with E-state index in [-0.39, 0.29) is 5.56 Å². The number of nitrogens with zero attached hydrogens (tertiary/aromatic N) is 1. The Morgan fingerprint density at radius 2 is 2.08 bits per heavy atom. The first-order valence-electron chi connectivity index (χ1n) is 3.07. The topological polar surface area (TPSA) is 100 Å². The molecule has 0 bridgehead atoms. The number of aromatic amines is 1. The van der Waals surface area contributed by atoms with Crippen LogP contribution in [0.5, 0.6) is 5.88 Å². The first-order chi connectivity index (χ1) is 5.82. The molecule has 0 amide bonds. The second-order valence-electron chi connectivity index (χ2n) is 2.26. The highest BCUT2D eigenvalue weighted by atomic mass is 35.7. The molecule has 8 heteroatoms. The van der Waals surface area contributed by atoms with Gasteiger partial charge < -0.3 is 5.11 Å². The van der Waals surface area contributed by atoms with E-state index >= 15 is 0 Å². The zero-order valence-corrected chi connectivity index (χ0v) is 7.98. The number of rotatable bonds is 1. The molecule has 13 heavy (non-hydrogen) atoms. The second-order valence-corrected chi connectivity index (χ2v) is 4.74. The van der Waals surface area contributed by atoms with Gasteiger partial charge in [0, 0.05) is 10.7 Å². The summed E-state index contributed by atoms with van der Waals surface area (Å²) in [6.07, 6.45) is 0. The minimum absolute atomic E-state index is 0.0657. The number of aromatic hydroxyl groups is 1. The van der Waals surface area contributed by atoms with E-state index < -0.39 is 25.6 Å². The van der Waals surface area contributed by atoms with Gasteiger partial charge in [0.15, 0.2) is 0 Å². The van der Waals surface area contributed by atoms with Crippen LogP contribution in [0.1, 0.15) is 5.56 Å². The second kappa shape index (κ2) is 3.00. The van der Waals surface area contributed by atoms with Crippen molar-refractivity contribution >= 4 is 19.7 Å². The highest BCUT2D eigenvalue weighted by Crippen LogP contribution is 2.12. The third-order valence-electron chi connectivity index (χ3n) is 1.33. The van der Waals surface area contributed by atoms with Crippen molar-refractivity contribution in [1.29, 1.82) is 0 Å². The van der Waals surface area contributed by atoms with Crippen molar-refractivity contribution in [3.8, 4) is 5.88 Å². The Kier molecular flexibility index (Phi) is 2.31. The van der Waals surface area contributed by atoms with Gasteiger partial charge in [0.25, 0.3) is 14.6 Å². The van der Waals surface area contributed by atoms with Crippen LogP contribution < -0.4 is 5.56 Å². The number of halogens is 1. The molecular weight excluding hydrogens is 220 g/mol. The maximum absolute atomic E-state index is 10.9. The molecule has 1 heterocycles. The molecule has 0 radical (unpaired) electrons. The maximum atomic E-state index is 10.9. The molecule has 0 aliphatic heterocycles. The lowest BCUT2D eigenvalue weighted by Crippen LogP contribution is -2.15. The summed E-state index contributed by atoms with van der Waals surface area (Å²) < 4.78 is 21.3. The fraction of sp³-hybridized carbons (Fsp3) is 0.200. The van der Waals surface area contributed by atoms with E-state index in [0.717, 1.165) is 0 Å². The molecule has 0 aromatic carbocycles. The van der Waals surface area contributed by atoms with Crippen molar-refractivity contribution in [2.24, 2.45) is 0 Å². The van der Waals surface area contributed by atoms with Gasteiger partial charge in [-0.3, -0.25) is 9.78 Å². The molecular formula is C5H5ClN2O4S. The lowest BCUT2D eigenvalue weighted by molar-refractivity contribution is 0.437.